The van der Waals surface area contributed by atoms with E-state index in [4.69, 9.17) is 0 Å². The fourth-order valence-corrected chi connectivity index (χ4v) is 1.60. The van der Waals surface area contributed by atoms with E-state index in [-0.39, 0.29) is 0 Å². The van der Waals surface area contributed by atoms with Crippen molar-refractivity contribution in [2.75, 3.05) is 10.6 Å². The molecule has 0 saturated carbocycles. The third-order valence-electron chi connectivity index (χ3n) is 2.28. The number of rotatable bonds is 4. The van der Waals surface area contributed by atoms with Crippen molar-refractivity contribution in [1.82, 2.24) is 9.97 Å². The van der Waals surface area contributed by atoms with Crippen molar-refractivity contribution in [3.05, 3.63) is 18.1 Å². The minimum absolute atomic E-state index is 0.406. The second-order valence-corrected chi connectivity index (χ2v) is 4.26. The molecule has 0 spiro atoms. The van der Waals surface area contributed by atoms with Gasteiger partial charge in [0, 0.05) is 23.1 Å². The van der Waals surface area contributed by atoms with Crippen LogP contribution in [0.4, 0.5) is 5.82 Å². The Morgan fingerprint density at radius 2 is 2.14 bits per heavy atom. The Hall–Kier alpha value is -0.640. The largest absolute Gasteiger partial charge is 0.367 e. The summed E-state index contributed by atoms with van der Waals surface area (Å²) < 4.78 is 0. The summed E-state index contributed by atoms with van der Waals surface area (Å²) in [7, 11) is 0. The molecule has 1 rings (SSSR count). The number of hydrogen-bond acceptors (Lipinski definition) is 3. The molecule has 1 aromatic rings. The minimum atomic E-state index is 0.406. The molecule has 1 N–H and O–H groups in total. The number of hydrogen-bond donors (Lipinski definition) is 1. The van der Waals surface area contributed by atoms with Gasteiger partial charge in [-0.2, -0.15) is 0 Å². The van der Waals surface area contributed by atoms with E-state index in [9.17, 15) is 0 Å². The number of nitrogens with zero attached hydrogens (tertiary/aromatic N) is 2. The maximum Gasteiger partial charge on any atom is 0.129 e. The van der Waals surface area contributed by atoms with Crippen molar-refractivity contribution in [2.24, 2.45) is 5.92 Å². The van der Waals surface area contributed by atoms with Gasteiger partial charge in [-0.25, -0.2) is 9.97 Å². The topological polar surface area (TPSA) is 37.8 Å². The van der Waals surface area contributed by atoms with E-state index in [0.717, 1.165) is 16.8 Å². The molecule has 2 unspecified atom stereocenters. The predicted octanol–water partition coefficient (Wildman–Crippen LogP) is 2.62. The number of aromatic nitrogens is 2. The summed E-state index contributed by atoms with van der Waals surface area (Å²) in [5.74, 6) is 1.48. The molecule has 0 fully saturated rings. The number of anilines is 1. The van der Waals surface area contributed by atoms with Gasteiger partial charge in [-0.15, -0.1) is 0 Å². The van der Waals surface area contributed by atoms with E-state index >= 15 is 0 Å². The van der Waals surface area contributed by atoms with Gasteiger partial charge in [-0.1, -0.05) is 22.9 Å². The minimum Gasteiger partial charge on any atom is -0.367 e. The normalized spacial score (nSPS) is 14.9. The van der Waals surface area contributed by atoms with Gasteiger partial charge in [0.2, 0.25) is 0 Å². The van der Waals surface area contributed by atoms with Gasteiger partial charge in [-0.3, -0.25) is 0 Å². The van der Waals surface area contributed by atoms with Crippen LogP contribution >= 0.6 is 15.9 Å². The molecule has 0 aliphatic carbocycles. The molecule has 0 saturated heterocycles. The molecule has 2 atom stereocenters. The summed E-state index contributed by atoms with van der Waals surface area (Å²) in [5, 5.41) is 4.34. The van der Waals surface area contributed by atoms with Crippen molar-refractivity contribution in [3.8, 4) is 0 Å². The highest BCUT2D eigenvalue weighted by molar-refractivity contribution is 9.09. The van der Waals surface area contributed by atoms with Gasteiger partial charge in [0.05, 0.1) is 0 Å². The summed E-state index contributed by atoms with van der Waals surface area (Å²) in [5.41, 5.74) is 0.987. The van der Waals surface area contributed by atoms with Gasteiger partial charge in [0.1, 0.15) is 12.1 Å². The summed E-state index contributed by atoms with van der Waals surface area (Å²) in [6.07, 6.45) is 1.59. The Morgan fingerprint density at radius 3 is 2.71 bits per heavy atom. The second-order valence-electron chi connectivity index (χ2n) is 3.61. The lowest BCUT2D eigenvalue weighted by atomic mass is 10.1. The lowest BCUT2D eigenvalue weighted by Crippen LogP contribution is -2.25. The fraction of sp³-hybridized carbons (Fsp3) is 0.600. The number of aryl methyl sites for hydroxylation is 1. The highest BCUT2D eigenvalue weighted by Crippen LogP contribution is 2.12. The first-order chi connectivity index (χ1) is 6.63. The van der Waals surface area contributed by atoms with Gasteiger partial charge in [0.15, 0.2) is 0 Å². The molecule has 0 radical (unpaired) electrons. The highest BCUT2D eigenvalue weighted by Gasteiger charge is 2.10. The summed E-state index contributed by atoms with van der Waals surface area (Å²) >= 11 is 3.47. The summed E-state index contributed by atoms with van der Waals surface area (Å²) in [4.78, 5) is 8.21. The average molecular weight is 258 g/mol. The zero-order chi connectivity index (χ0) is 10.6. The Morgan fingerprint density at radius 1 is 1.43 bits per heavy atom. The molecule has 3 nitrogen and oxygen atoms in total. The van der Waals surface area contributed by atoms with Crippen LogP contribution in [0, 0.1) is 12.8 Å². The van der Waals surface area contributed by atoms with Crippen LogP contribution in [0.5, 0.6) is 0 Å². The molecule has 4 heteroatoms. The quantitative estimate of drug-likeness (QED) is 0.843. The van der Waals surface area contributed by atoms with Crippen molar-refractivity contribution in [1.29, 1.82) is 0 Å². The van der Waals surface area contributed by atoms with E-state index in [2.05, 4.69) is 45.1 Å². The molecule has 1 heterocycles. The first kappa shape index (κ1) is 11.4. The lowest BCUT2D eigenvalue weighted by Gasteiger charge is -2.19. The smallest absolute Gasteiger partial charge is 0.129 e. The van der Waals surface area contributed by atoms with Gasteiger partial charge in [-0.05, 0) is 19.8 Å². The molecule has 0 aromatic carbocycles. The van der Waals surface area contributed by atoms with Crippen LogP contribution in [-0.2, 0) is 0 Å². The van der Waals surface area contributed by atoms with Gasteiger partial charge in [0.25, 0.3) is 0 Å². The van der Waals surface area contributed by atoms with Crippen molar-refractivity contribution in [3.63, 3.8) is 0 Å². The predicted molar refractivity (Wildman–Crippen MR) is 62.8 cm³/mol. The van der Waals surface area contributed by atoms with Crippen molar-refractivity contribution < 1.29 is 0 Å². The van der Waals surface area contributed by atoms with Crippen LogP contribution in [0.1, 0.15) is 19.5 Å². The fourth-order valence-electron chi connectivity index (χ4n) is 1.04. The molecular formula is C10H16BrN3. The molecule has 0 aliphatic rings. The lowest BCUT2D eigenvalue weighted by molar-refractivity contribution is 0.570. The Balaban J connectivity index is 2.60. The molecule has 0 amide bonds. The van der Waals surface area contributed by atoms with Crippen LogP contribution in [0.15, 0.2) is 12.4 Å². The Labute approximate surface area is 93.5 Å². The summed E-state index contributed by atoms with van der Waals surface area (Å²) in [6, 6.07) is 2.36. The zero-order valence-corrected chi connectivity index (χ0v) is 10.4. The number of halogens is 1. The van der Waals surface area contributed by atoms with E-state index in [1.54, 1.807) is 6.33 Å². The number of nitrogens with one attached hydrogen (secondary N) is 1. The van der Waals surface area contributed by atoms with E-state index in [1.807, 2.05) is 13.0 Å². The van der Waals surface area contributed by atoms with Crippen LogP contribution in [0.25, 0.3) is 0 Å². The van der Waals surface area contributed by atoms with Crippen LogP contribution in [0.2, 0.25) is 0 Å². The molecule has 78 valence electrons. The third kappa shape index (κ3) is 3.25. The van der Waals surface area contributed by atoms with Crippen LogP contribution in [-0.4, -0.2) is 21.3 Å². The van der Waals surface area contributed by atoms with Gasteiger partial charge >= 0.3 is 0 Å². The summed E-state index contributed by atoms with van der Waals surface area (Å²) in [6.45, 7) is 6.31. The van der Waals surface area contributed by atoms with E-state index in [0.29, 0.717) is 12.0 Å². The first-order valence-corrected chi connectivity index (χ1v) is 5.86. The molecule has 0 bridgehead atoms. The van der Waals surface area contributed by atoms with Crippen molar-refractivity contribution in [2.45, 2.75) is 26.8 Å². The first-order valence-electron chi connectivity index (χ1n) is 4.74. The maximum atomic E-state index is 4.16. The molecular weight excluding hydrogens is 242 g/mol. The van der Waals surface area contributed by atoms with Gasteiger partial charge < -0.3 is 5.32 Å². The Kier molecular flexibility index (Phi) is 4.32. The zero-order valence-electron chi connectivity index (χ0n) is 8.79. The standard InChI is InChI=1S/C10H16BrN3/c1-7(5-11)9(3)14-10-4-8(2)12-6-13-10/h4,6-7,9H,5H2,1-3H3,(H,12,13,14). The highest BCUT2D eigenvalue weighted by atomic mass is 79.9. The monoisotopic (exact) mass is 257 g/mol. The maximum absolute atomic E-state index is 4.16. The average Bonchev–Trinajstić information content (AvgIpc) is 2.16. The third-order valence-corrected chi connectivity index (χ3v) is 3.30. The molecule has 0 aliphatic heterocycles. The molecule has 14 heavy (non-hydrogen) atoms. The van der Waals surface area contributed by atoms with E-state index in [1.165, 1.54) is 0 Å². The SMILES string of the molecule is Cc1cc(NC(C)C(C)CBr)ncn1. The number of alkyl halides is 1. The second kappa shape index (κ2) is 5.29. The van der Waals surface area contributed by atoms with Crippen molar-refractivity contribution >= 4 is 21.7 Å². The molecule has 1 aromatic heterocycles. The van der Waals surface area contributed by atoms with Crippen LogP contribution in [0.3, 0.4) is 0 Å². The van der Waals surface area contributed by atoms with Crippen LogP contribution < -0.4 is 5.32 Å². The Bertz CT molecular complexity index is 290. The van der Waals surface area contributed by atoms with E-state index < -0.39 is 0 Å².